The van der Waals surface area contributed by atoms with Crippen molar-refractivity contribution in [3.8, 4) is 6.01 Å². The average Bonchev–Trinajstić information content (AvgIpc) is 2.47. The fourth-order valence-corrected chi connectivity index (χ4v) is 2.63. The van der Waals surface area contributed by atoms with Crippen LogP contribution in [0.4, 0.5) is 11.9 Å². The number of methoxy groups -OCH3 is 1. The van der Waals surface area contributed by atoms with Crippen LogP contribution in [0.1, 0.15) is 39.5 Å². The molecule has 0 saturated heterocycles. The van der Waals surface area contributed by atoms with Crippen molar-refractivity contribution in [2.75, 3.05) is 30.9 Å². The Morgan fingerprint density at radius 1 is 1.20 bits per heavy atom. The predicted molar refractivity (Wildman–Crippen MR) is 80.4 cm³/mol. The Balaban J connectivity index is 2.15. The number of ether oxygens (including phenoxy) is 1. The molecule has 0 amide bonds. The molecular weight excluding hydrogens is 254 g/mol. The minimum atomic E-state index is 0.363. The van der Waals surface area contributed by atoms with Crippen LogP contribution in [0.2, 0.25) is 0 Å². The van der Waals surface area contributed by atoms with Crippen LogP contribution >= 0.6 is 0 Å². The molecule has 6 heteroatoms. The summed E-state index contributed by atoms with van der Waals surface area (Å²) in [5.41, 5.74) is 0. The van der Waals surface area contributed by atoms with Gasteiger partial charge >= 0.3 is 6.01 Å². The van der Waals surface area contributed by atoms with Gasteiger partial charge in [0.2, 0.25) is 11.9 Å². The molecule has 0 bridgehead atoms. The van der Waals surface area contributed by atoms with E-state index in [4.69, 9.17) is 4.74 Å². The topological polar surface area (TPSA) is 63.2 Å². The fourth-order valence-electron chi connectivity index (χ4n) is 2.63. The van der Waals surface area contributed by atoms with Gasteiger partial charge in [-0.3, -0.25) is 0 Å². The van der Waals surface area contributed by atoms with Crippen LogP contribution in [-0.4, -0.2) is 41.7 Å². The molecule has 1 aromatic heterocycles. The van der Waals surface area contributed by atoms with E-state index in [-0.39, 0.29) is 0 Å². The molecule has 2 rings (SSSR count). The van der Waals surface area contributed by atoms with E-state index in [9.17, 15) is 0 Å². The Morgan fingerprint density at radius 2 is 1.90 bits per heavy atom. The smallest absolute Gasteiger partial charge is 0.322 e. The zero-order valence-electron chi connectivity index (χ0n) is 12.9. The highest BCUT2D eigenvalue weighted by molar-refractivity contribution is 5.38. The largest absolute Gasteiger partial charge is 0.467 e. The Bertz CT molecular complexity index is 432. The second-order valence-corrected chi connectivity index (χ2v) is 5.50. The normalized spacial score (nSPS) is 22.4. The molecule has 1 aliphatic carbocycles. The van der Waals surface area contributed by atoms with Crippen LogP contribution in [0.15, 0.2) is 0 Å². The molecule has 1 aliphatic rings. The molecule has 1 aromatic rings. The molecule has 0 radical (unpaired) electrons. The van der Waals surface area contributed by atoms with Crippen molar-refractivity contribution in [2.45, 2.75) is 45.6 Å². The molecule has 0 spiro atoms. The van der Waals surface area contributed by atoms with Gasteiger partial charge in [0.1, 0.15) is 0 Å². The van der Waals surface area contributed by atoms with Crippen molar-refractivity contribution < 1.29 is 4.74 Å². The molecule has 1 heterocycles. The van der Waals surface area contributed by atoms with Crippen molar-refractivity contribution in [1.29, 1.82) is 0 Å². The molecule has 1 saturated carbocycles. The Kier molecular flexibility index (Phi) is 4.98. The molecule has 1 fully saturated rings. The molecule has 0 atom stereocenters. The van der Waals surface area contributed by atoms with Gasteiger partial charge in [-0.2, -0.15) is 15.0 Å². The lowest BCUT2D eigenvalue weighted by Gasteiger charge is -2.33. The second-order valence-electron chi connectivity index (χ2n) is 5.50. The van der Waals surface area contributed by atoms with E-state index in [0.29, 0.717) is 23.9 Å². The van der Waals surface area contributed by atoms with Crippen LogP contribution in [-0.2, 0) is 0 Å². The highest BCUT2D eigenvalue weighted by atomic mass is 16.5. The first kappa shape index (κ1) is 14.8. The molecule has 0 aromatic carbocycles. The summed E-state index contributed by atoms with van der Waals surface area (Å²) in [6.45, 7) is 5.12. The third kappa shape index (κ3) is 3.49. The van der Waals surface area contributed by atoms with Crippen LogP contribution in [0.25, 0.3) is 0 Å². The van der Waals surface area contributed by atoms with Gasteiger partial charge in [-0.1, -0.05) is 6.92 Å². The number of hydrogen-bond acceptors (Lipinski definition) is 6. The maximum absolute atomic E-state index is 5.17. The van der Waals surface area contributed by atoms with Gasteiger partial charge in [0, 0.05) is 19.6 Å². The number of aromatic nitrogens is 3. The summed E-state index contributed by atoms with van der Waals surface area (Å²) in [6, 6.07) is 0.870. The van der Waals surface area contributed by atoms with Crippen LogP contribution < -0.4 is 15.0 Å². The number of rotatable bonds is 5. The maximum atomic E-state index is 5.17. The molecule has 1 N–H and O–H groups in total. The number of nitrogens with one attached hydrogen (secondary N) is 1. The van der Waals surface area contributed by atoms with Crippen molar-refractivity contribution >= 4 is 11.9 Å². The number of nitrogens with zero attached hydrogens (tertiary/aromatic N) is 4. The monoisotopic (exact) mass is 279 g/mol. The highest BCUT2D eigenvalue weighted by Gasteiger charge is 2.24. The zero-order valence-corrected chi connectivity index (χ0v) is 12.9. The highest BCUT2D eigenvalue weighted by Crippen LogP contribution is 2.28. The molecule has 0 aliphatic heterocycles. The summed E-state index contributed by atoms with van der Waals surface area (Å²) in [5.74, 6) is 2.10. The fraction of sp³-hybridized carbons (Fsp3) is 0.786. The molecule has 20 heavy (non-hydrogen) atoms. The molecule has 112 valence electrons. The van der Waals surface area contributed by atoms with Crippen molar-refractivity contribution in [2.24, 2.45) is 5.92 Å². The standard InChI is InChI=1S/C14H25N5O/c1-5-15-12-16-13(18-14(17-12)20-4)19(3)11-8-6-10(2)7-9-11/h10-11H,5-9H2,1-4H3,(H,15,16,17,18). The lowest BCUT2D eigenvalue weighted by atomic mass is 9.87. The van der Waals surface area contributed by atoms with Gasteiger partial charge < -0.3 is 15.0 Å². The quantitative estimate of drug-likeness (QED) is 0.892. The maximum Gasteiger partial charge on any atom is 0.322 e. The summed E-state index contributed by atoms with van der Waals surface area (Å²) in [6.07, 6.45) is 4.94. The molecule has 6 nitrogen and oxygen atoms in total. The van der Waals surface area contributed by atoms with Crippen LogP contribution in [0, 0.1) is 5.92 Å². The first-order valence-corrected chi connectivity index (χ1v) is 7.40. The van der Waals surface area contributed by atoms with Gasteiger partial charge in [-0.15, -0.1) is 0 Å². The minimum Gasteiger partial charge on any atom is -0.467 e. The number of hydrogen-bond donors (Lipinski definition) is 1. The van der Waals surface area contributed by atoms with Gasteiger partial charge in [0.15, 0.2) is 0 Å². The van der Waals surface area contributed by atoms with Gasteiger partial charge in [-0.05, 0) is 38.5 Å². The van der Waals surface area contributed by atoms with E-state index < -0.39 is 0 Å². The first-order valence-electron chi connectivity index (χ1n) is 7.40. The van der Waals surface area contributed by atoms with Crippen LogP contribution in [0.5, 0.6) is 6.01 Å². The Labute approximate surface area is 121 Å². The third-order valence-electron chi connectivity index (χ3n) is 3.97. The summed E-state index contributed by atoms with van der Waals surface area (Å²) in [7, 11) is 3.64. The van der Waals surface area contributed by atoms with Crippen molar-refractivity contribution in [1.82, 2.24) is 15.0 Å². The SMILES string of the molecule is CCNc1nc(OC)nc(N(C)C2CCC(C)CC2)n1. The lowest BCUT2D eigenvalue weighted by Crippen LogP contribution is -2.36. The van der Waals surface area contributed by atoms with Crippen molar-refractivity contribution in [3.05, 3.63) is 0 Å². The van der Waals surface area contributed by atoms with Gasteiger partial charge in [-0.25, -0.2) is 0 Å². The second kappa shape index (κ2) is 6.72. The third-order valence-corrected chi connectivity index (χ3v) is 3.97. The molecular formula is C14H25N5O. The predicted octanol–water partition coefficient (Wildman–Crippen LogP) is 2.33. The summed E-state index contributed by atoms with van der Waals surface area (Å²) >= 11 is 0. The molecule has 0 unspecified atom stereocenters. The lowest BCUT2D eigenvalue weighted by molar-refractivity contribution is 0.337. The summed E-state index contributed by atoms with van der Waals surface area (Å²) in [5, 5.41) is 3.12. The van der Waals surface area contributed by atoms with Crippen molar-refractivity contribution in [3.63, 3.8) is 0 Å². The minimum absolute atomic E-state index is 0.363. The zero-order chi connectivity index (χ0) is 14.5. The summed E-state index contributed by atoms with van der Waals surface area (Å²) in [4.78, 5) is 15.2. The first-order chi connectivity index (χ1) is 9.63. The Hall–Kier alpha value is -1.59. The van der Waals surface area contributed by atoms with E-state index in [0.717, 1.165) is 12.5 Å². The summed E-state index contributed by atoms with van der Waals surface area (Å²) < 4.78 is 5.17. The number of anilines is 2. The van der Waals surface area contributed by atoms with Crippen LogP contribution in [0.3, 0.4) is 0 Å². The van der Waals surface area contributed by atoms with E-state index in [1.54, 1.807) is 7.11 Å². The van der Waals surface area contributed by atoms with Gasteiger partial charge in [0.25, 0.3) is 0 Å². The average molecular weight is 279 g/mol. The van der Waals surface area contributed by atoms with E-state index in [2.05, 4.69) is 39.1 Å². The van der Waals surface area contributed by atoms with E-state index >= 15 is 0 Å². The van der Waals surface area contributed by atoms with Gasteiger partial charge in [0.05, 0.1) is 7.11 Å². The van der Waals surface area contributed by atoms with E-state index in [1.807, 2.05) is 6.92 Å². The Morgan fingerprint density at radius 3 is 2.50 bits per heavy atom. The van der Waals surface area contributed by atoms with E-state index in [1.165, 1.54) is 25.7 Å².